The zero-order valence-corrected chi connectivity index (χ0v) is 20.4. The van der Waals surface area contributed by atoms with E-state index in [1.54, 1.807) is 6.33 Å². The van der Waals surface area contributed by atoms with Gasteiger partial charge in [-0.2, -0.15) is 5.10 Å². The molecule has 1 unspecified atom stereocenters. The number of nitrogens with one attached hydrogen (secondary N) is 2. The van der Waals surface area contributed by atoms with Gasteiger partial charge in [-0.25, -0.2) is 4.98 Å². The number of morpholine rings is 1. The Hall–Kier alpha value is -3.49. The first kappa shape index (κ1) is 22.9. The number of hydrogen-bond acceptors (Lipinski definition) is 5. The maximum absolute atomic E-state index is 13.8. The standard InChI is InChI=1S/C28H32N6O2/c35-28(33-12-14-36-15-13-33)24-18-34(26(25-17-30-19-31-25)16-20-8-10-29-11-9-20)32-27(24)23-7-3-5-21-4-1-2-6-22(21)23/h1-7,17-20,26,29H,8-16H2,(H,30,31). The van der Waals surface area contributed by atoms with Crippen LogP contribution < -0.4 is 5.32 Å². The van der Waals surface area contributed by atoms with E-state index in [0.29, 0.717) is 37.8 Å². The minimum absolute atomic E-state index is 0.0118. The predicted octanol–water partition coefficient (Wildman–Crippen LogP) is 3.88. The Bertz CT molecular complexity index is 1310. The summed E-state index contributed by atoms with van der Waals surface area (Å²) < 4.78 is 7.50. The Morgan fingerprint density at radius 3 is 2.69 bits per heavy atom. The summed E-state index contributed by atoms with van der Waals surface area (Å²) in [5, 5.41) is 10.8. The lowest BCUT2D eigenvalue weighted by Crippen LogP contribution is -2.40. The number of carbonyl (C=O) groups excluding carboxylic acids is 1. The molecular formula is C28H32N6O2. The quantitative estimate of drug-likeness (QED) is 0.434. The molecular weight excluding hydrogens is 452 g/mol. The highest BCUT2D eigenvalue weighted by molar-refractivity contribution is 6.04. The van der Waals surface area contributed by atoms with E-state index >= 15 is 0 Å². The Morgan fingerprint density at radius 2 is 1.89 bits per heavy atom. The molecule has 0 spiro atoms. The van der Waals surface area contributed by atoms with Crippen LogP contribution in [0.3, 0.4) is 0 Å². The van der Waals surface area contributed by atoms with Crippen molar-refractivity contribution in [1.82, 2.24) is 30.0 Å². The largest absolute Gasteiger partial charge is 0.378 e. The van der Waals surface area contributed by atoms with E-state index < -0.39 is 0 Å². The third-order valence-corrected chi connectivity index (χ3v) is 7.52. The van der Waals surface area contributed by atoms with Crippen LogP contribution in [0, 0.1) is 5.92 Å². The Labute approximate surface area is 210 Å². The molecule has 4 aromatic rings. The van der Waals surface area contributed by atoms with Gasteiger partial charge >= 0.3 is 0 Å². The van der Waals surface area contributed by atoms with Crippen LogP contribution in [0.4, 0.5) is 0 Å². The van der Waals surface area contributed by atoms with E-state index in [0.717, 1.165) is 60.1 Å². The first-order valence-corrected chi connectivity index (χ1v) is 12.9. The van der Waals surface area contributed by atoms with Crippen molar-refractivity contribution < 1.29 is 9.53 Å². The van der Waals surface area contributed by atoms with Gasteiger partial charge in [-0.1, -0.05) is 42.5 Å². The van der Waals surface area contributed by atoms with Gasteiger partial charge < -0.3 is 19.9 Å². The molecule has 2 aromatic carbocycles. The number of nitrogens with zero attached hydrogens (tertiary/aromatic N) is 4. The lowest BCUT2D eigenvalue weighted by atomic mass is 9.90. The summed E-state index contributed by atoms with van der Waals surface area (Å²) in [6, 6.07) is 14.5. The van der Waals surface area contributed by atoms with Crippen LogP contribution >= 0.6 is 0 Å². The molecule has 0 radical (unpaired) electrons. The maximum Gasteiger partial charge on any atom is 0.257 e. The highest BCUT2D eigenvalue weighted by Crippen LogP contribution is 2.34. The second-order valence-electron chi connectivity index (χ2n) is 9.75. The zero-order chi connectivity index (χ0) is 24.3. The van der Waals surface area contributed by atoms with Gasteiger partial charge in [-0.3, -0.25) is 9.48 Å². The molecule has 2 aromatic heterocycles. The van der Waals surface area contributed by atoms with Gasteiger partial charge in [-0.15, -0.1) is 0 Å². The third-order valence-electron chi connectivity index (χ3n) is 7.52. The van der Waals surface area contributed by atoms with Gasteiger partial charge in [0.1, 0.15) is 5.69 Å². The molecule has 2 fully saturated rings. The lowest BCUT2D eigenvalue weighted by molar-refractivity contribution is 0.0303. The van der Waals surface area contributed by atoms with E-state index in [9.17, 15) is 4.79 Å². The number of carbonyl (C=O) groups is 1. The maximum atomic E-state index is 13.8. The highest BCUT2D eigenvalue weighted by atomic mass is 16.5. The minimum Gasteiger partial charge on any atom is -0.378 e. The summed E-state index contributed by atoms with van der Waals surface area (Å²) in [5.74, 6) is 0.598. The van der Waals surface area contributed by atoms with Crippen LogP contribution in [0.1, 0.15) is 41.4 Å². The van der Waals surface area contributed by atoms with E-state index in [2.05, 4.69) is 39.6 Å². The van der Waals surface area contributed by atoms with Crippen LogP contribution in [0.2, 0.25) is 0 Å². The molecule has 2 N–H and O–H groups in total. The summed E-state index contributed by atoms with van der Waals surface area (Å²) in [5.41, 5.74) is 3.38. The molecule has 2 aliphatic rings. The number of aromatic amines is 1. The summed E-state index contributed by atoms with van der Waals surface area (Å²) in [7, 11) is 0. The van der Waals surface area contributed by atoms with Gasteiger partial charge in [0.15, 0.2) is 0 Å². The van der Waals surface area contributed by atoms with E-state index in [4.69, 9.17) is 9.84 Å². The minimum atomic E-state index is -0.0180. The number of imidazole rings is 1. The van der Waals surface area contributed by atoms with Crippen molar-refractivity contribution in [1.29, 1.82) is 0 Å². The number of aromatic nitrogens is 4. The van der Waals surface area contributed by atoms with Crippen LogP contribution in [0.25, 0.3) is 22.0 Å². The summed E-state index contributed by atoms with van der Waals surface area (Å²) in [6.45, 7) is 4.41. The van der Waals surface area contributed by atoms with Crippen molar-refractivity contribution in [2.45, 2.75) is 25.3 Å². The molecule has 6 rings (SSSR count). The molecule has 36 heavy (non-hydrogen) atoms. The fraction of sp³-hybridized carbons (Fsp3) is 0.393. The van der Waals surface area contributed by atoms with Gasteiger partial charge in [-0.05, 0) is 49.0 Å². The van der Waals surface area contributed by atoms with E-state index in [-0.39, 0.29) is 11.9 Å². The fourth-order valence-corrected chi connectivity index (χ4v) is 5.53. The average molecular weight is 485 g/mol. The number of H-pyrrole nitrogens is 1. The summed E-state index contributed by atoms with van der Waals surface area (Å²) in [4.78, 5) is 23.3. The summed E-state index contributed by atoms with van der Waals surface area (Å²) >= 11 is 0. The van der Waals surface area contributed by atoms with Crippen molar-refractivity contribution in [3.05, 3.63) is 72.4 Å². The fourth-order valence-electron chi connectivity index (χ4n) is 5.53. The average Bonchev–Trinajstić information content (AvgIpc) is 3.63. The molecule has 2 aliphatic heterocycles. The van der Waals surface area contributed by atoms with E-state index in [1.165, 1.54) is 0 Å². The molecule has 1 atom stereocenters. The molecule has 8 heteroatoms. The molecule has 1 amide bonds. The molecule has 0 bridgehead atoms. The monoisotopic (exact) mass is 484 g/mol. The van der Waals surface area contributed by atoms with Crippen molar-refractivity contribution in [3.63, 3.8) is 0 Å². The van der Waals surface area contributed by atoms with Crippen molar-refractivity contribution in [2.75, 3.05) is 39.4 Å². The highest BCUT2D eigenvalue weighted by Gasteiger charge is 2.29. The lowest BCUT2D eigenvalue weighted by Gasteiger charge is -2.27. The van der Waals surface area contributed by atoms with Crippen LogP contribution in [0.15, 0.2) is 61.2 Å². The normalized spacial score (nSPS) is 17.9. The van der Waals surface area contributed by atoms with E-state index in [1.807, 2.05) is 40.2 Å². The topological polar surface area (TPSA) is 88.1 Å². The van der Waals surface area contributed by atoms with Gasteiger partial charge in [0.25, 0.3) is 5.91 Å². The SMILES string of the molecule is O=C(c1cn(C(CC2CCNCC2)c2cnc[nH]2)nc1-c1cccc2ccccc12)N1CCOCC1. The van der Waals surface area contributed by atoms with Gasteiger partial charge in [0.05, 0.1) is 43.0 Å². The Balaban J connectivity index is 1.46. The van der Waals surface area contributed by atoms with Crippen LogP contribution in [0.5, 0.6) is 0 Å². The Morgan fingerprint density at radius 1 is 1.08 bits per heavy atom. The van der Waals surface area contributed by atoms with Gasteiger partial charge in [0, 0.05) is 24.8 Å². The number of fused-ring (bicyclic) bond motifs is 1. The van der Waals surface area contributed by atoms with Gasteiger partial charge in [0.2, 0.25) is 0 Å². The zero-order valence-electron chi connectivity index (χ0n) is 20.4. The van der Waals surface area contributed by atoms with Crippen molar-refractivity contribution in [3.8, 4) is 11.3 Å². The first-order valence-electron chi connectivity index (χ1n) is 12.9. The first-order chi connectivity index (χ1) is 17.8. The molecule has 186 valence electrons. The number of hydrogen-bond donors (Lipinski definition) is 2. The smallest absolute Gasteiger partial charge is 0.257 e. The summed E-state index contributed by atoms with van der Waals surface area (Å²) in [6.07, 6.45) is 8.80. The molecule has 0 saturated carbocycles. The second kappa shape index (κ2) is 10.2. The molecule has 8 nitrogen and oxygen atoms in total. The van der Waals surface area contributed by atoms with Crippen molar-refractivity contribution >= 4 is 16.7 Å². The van der Waals surface area contributed by atoms with Crippen LogP contribution in [-0.2, 0) is 4.74 Å². The predicted molar refractivity (Wildman–Crippen MR) is 139 cm³/mol. The third kappa shape index (κ3) is 4.54. The second-order valence-corrected chi connectivity index (χ2v) is 9.75. The molecule has 0 aliphatic carbocycles. The van der Waals surface area contributed by atoms with Crippen molar-refractivity contribution in [2.24, 2.45) is 5.92 Å². The Kier molecular flexibility index (Phi) is 6.53. The molecule has 4 heterocycles. The molecule has 2 saturated heterocycles. The number of amides is 1. The number of piperidine rings is 1. The number of benzene rings is 2. The van der Waals surface area contributed by atoms with Crippen LogP contribution in [-0.4, -0.2) is 69.9 Å². The number of ether oxygens (including phenoxy) is 1. The number of rotatable bonds is 6.